The van der Waals surface area contributed by atoms with Crippen LogP contribution >= 0.6 is 0 Å². The van der Waals surface area contributed by atoms with Crippen LogP contribution in [-0.4, -0.2) is 34.3 Å². The third-order valence-electron chi connectivity index (χ3n) is 8.45. The number of nitrogens with one attached hydrogen (secondary N) is 1. The van der Waals surface area contributed by atoms with E-state index in [9.17, 15) is 4.79 Å². The molecule has 4 bridgehead atoms. The molecule has 1 aromatic carbocycles. The number of aromatic nitrogens is 2. The van der Waals surface area contributed by atoms with Crippen molar-refractivity contribution in [2.75, 3.05) is 18.0 Å². The van der Waals surface area contributed by atoms with E-state index in [2.05, 4.69) is 54.3 Å². The third-order valence-corrected chi connectivity index (χ3v) is 8.45. The number of nitrogens with zero attached hydrogens (tertiary/aromatic N) is 3. The van der Waals surface area contributed by atoms with E-state index < -0.39 is 5.97 Å². The van der Waals surface area contributed by atoms with Crippen LogP contribution in [0.1, 0.15) is 108 Å². The predicted molar refractivity (Wildman–Crippen MR) is 141 cm³/mol. The second-order valence-corrected chi connectivity index (χ2v) is 12.4. The number of benzene rings is 1. The molecule has 2 aromatic rings. The van der Waals surface area contributed by atoms with Gasteiger partial charge in [-0.1, -0.05) is 58.6 Å². The molecule has 7 heteroatoms. The van der Waals surface area contributed by atoms with Gasteiger partial charge in [-0.25, -0.2) is 0 Å². The first kappa shape index (κ1) is 25.2. The molecule has 0 amide bonds. The lowest BCUT2D eigenvalue weighted by Crippen LogP contribution is -2.34. The molecule has 196 valence electrons. The SMILES string of the molecule is CC(C)(C)CNCCC(=O)O.c1cc2c3cc1C(CC3)N2c1noc(C2CCC3CCCCC3C2)n1. The molecule has 2 saturated carbocycles. The van der Waals surface area contributed by atoms with Crippen LogP contribution in [0, 0.1) is 17.3 Å². The Labute approximate surface area is 215 Å². The van der Waals surface area contributed by atoms with Gasteiger partial charge in [-0.3, -0.25) is 4.79 Å². The molecular formula is C29H42N4O3. The maximum Gasteiger partial charge on any atom is 0.304 e. The summed E-state index contributed by atoms with van der Waals surface area (Å²) in [6.45, 7) is 7.76. The Morgan fingerprint density at radius 1 is 1.14 bits per heavy atom. The van der Waals surface area contributed by atoms with Crippen LogP contribution in [0.3, 0.4) is 0 Å². The number of carbonyl (C=O) groups is 1. The molecule has 4 heterocycles. The second-order valence-electron chi connectivity index (χ2n) is 12.4. The molecule has 2 fully saturated rings. The number of hydrogen-bond acceptors (Lipinski definition) is 6. The first-order valence-electron chi connectivity index (χ1n) is 14.0. The van der Waals surface area contributed by atoms with Crippen molar-refractivity contribution >= 4 is 17.6 Å². The molecule has 2 N–H and O–H groups in total. The summed E-state index contributed by atoms with van der Waals surface area (Å²) in [6, 6.07) is 7.25. The van der Waals surface area contributed by atoms with Gasteiger partial charge in [-0.2, -0.15) is 4.98 Å². The van der Waals surface area contributed by atoms with Gasteiger partial charge in [0.25, 0.3) is 5.95 Å². The van der Waals surface area contributed by atoms with Crippen LogP contribution in [0.5, 0.6) is 0 Å². The van der Waals surface area contributed by atoms with E-state index in [1.54, 1.807) is 0 Å². The van der Waals surface area contributed by atoms with E-state index in [1.165, 1.54) is 74.6 Å². The molecule has 4 atom stereocenters. The zero-order valence-electron chi connectivity index (χ0n) is 22.1. The van der Waals surface area contributed by atoms with Crippen LogP contribution in [-0.2, 0) is 11.2 Å². The summed E-state index contributed by atoms with van der Waals surface area (Å²) in [5.41, 5.74) is 4.37. The zero-order chi connectivity index (χ0) is 25.3. The molecule has 0 spiro atoms. The van der Waals surface area contributed by atoms with Gasteiger partial charge in [0.2, 0.25) is 5.89 Å². The normalized spacial score (nSPS) is 26.4. The fourth-order valence-corrected chi connectivity index (χ4v) is 6.65. The Bertz CT molecular complexity index is 1060. The highest BCUT2D eigenvalue weighted by Crippen LogP contribution is 2.49. The van der Waals surface area contributed by atoms with Crippen molar-refractivity contribution in [2.24, 2.45) is 17.3 Å². The highest BCUT2D eigenvalue weighted by atomic mass is 16.5. The molecule has 3 aliphatic heterocycles. The lowest BCUT2D eigenvalue weighted by atomic mass is 9.67. The van der Waals surface area contributed by atoms with Crippen molar-refractivity contribution in [3.05, 3.63) is 35.2 Å². The number of carboxylic acids is 1. The van der Waals surface area contributed by atoms with Crippen molar-refractivity contribution in [1.82, 2.24) is 15.5 Å². The van der Waals surface area contributed by atoms with Crippen LogP contribution in [0.2, 0.25) is 0 Å². The molecule has 0 radical (unpaired) electrons. The van der Waals surface area contributed by atoms with Gasteiger partial charge < -0.3 is 19.8 Å². The summed E-state index contributed by atoms with van der Waals surface area (Å²) in [6.07, 6.45) is 12.1. The number of aryl methyl sites for hydroxylation is 1. The zero-order valence-corrected chi connectivity index (χ0v) is 22.1. The number of aliphatic carboxylic acids is 1. The highest BCUT2D eigenvalue weighted by Gasteiger charge is 2.38. The summed E-state index contributed by atoms with van der Waals surface area (Å²) in [4.78, 5) is 17.3. The van der Waals surface area contributed by atoms with Gasteiger partial charge in [0.05, 0.1) is 12.5 Å². The molecule has 6 aliphatic rings. The van der Waals surface area contributed by atoms with Crippen LogP contribution in [0.4, 0.5) is 11.6 Å². The Morgan fingerprint density at radius 2 is 1.94 bits per heavy atom. The third kappa shape index (κ3) is 5.61. The first-order valence-corrected chi connectivity index (χ1v) is 14.0. The topological polar surface area (TPSA) is 91.5 Å². The van der Waals surface area contributed by atoms with Gasteiger partial charge >= 0.3 is 5.97 Å². The largest absolute Gasteiger partial charge is 0.481 e. The summed E-state index contributed by atoms with van der Waals surface area (Å²) < 4.78 is 5.78. The number of hydrogen-bond donors (Lipinski definition) is 2. The lowest BCUT2D eigenvalue weighted by Gasteiger charge is -2.41. The predicted octanol–water partition coefficient (Wildman–Crippen LogP) is 6.38. The van der Waals surface area contributed by atoms with E-state index in [1.807, 2.05) is 0 Å². The molecule has 7 nitrogen and oxygen atoms in total. The summed E-state index contributed by atoms with van der Waals surface area (Å²) in [5.74, 6) is 3.26. The standard InChI is InChI=1S/C21H25N3O.C8H17NO2/c1-2-4-14-11-17(6-5-13(14)3-1)20-22-21(23-25-20)24-18-9-7-15-12-16(18)8-10-19(15)24;1-8(2,3)6-9-5-4-7(10)11/h7,9,12-14,17,19H,1-6,8,10-11H2;9H,4-6H2,1-3H3,(H,10,11). The molecule has 1 aromatic heterocycles. The quantitative estimate of drug-likeness (QED) is 0.450. The summed E-state index contributed by atoms with van der Waals surface area (Å²) in [5, 5.41) is 15.8. The Morgan fingerprint density at radius 3 is 2.67 bits per heavy atom. The molecule has 36 heavy (non-hydrogen) atoms. The van der Waals surface area contributed by atoms with Gasteiger partial charge in [-0.05, 0) is 71.7 Å². The number of rotatable bonds is 6. The molecule has 4 unspecified atom stereocenters. The van der Waals surface area contributed by atoms with Crippen LogP contribution in [0.15, 0.2) is 22.7 Å². The monoisotopic (exact) mass is 494 g/mol. The minimum Gasteiger partial charge on any atom is -0.481 e. The second kappa shape index (κ2) is 10.5. The van der Waals surface area contributed by atoms with E-state index in [0.717, 1.165) is 30.2 Å². The number of anilines is 2. The maximum absolute atomic E-state index is 10.1. The van der Waals surface area contributed by atoms with E-state index in [-0.39, 0.29) is 11.8 Å². The van der Waals surface area contributed by atoms with Gasteiger partial charge in [0, 0.05) is 24.7 Å². The molecule has 3 aliphatic carbocycles. The van der Waals surface area contributed by atoms with Gasteiger partial charge in [-0.15, -0.1) is 0 Å². The molecule has 0 saturated heterocycles. The maximum atomic E-state index is 10.1. The lowest BCUT2D eigenvalue weighted by molar-refractivity contribution is -0.136. The van der Waals surface area contributed by atoms with Gasteiger partial charge in [0.1, 0.15) is 0 Å². The molecule has 8 rings (SSSR count). The average molecular weight is 495 g/mol. The number of fused-ring (bicyclic) bond motifs is 3. The van der Waals surface area contributed by atoms with E-state index in [0.29, 0.717) is 18.5 Å². The van der Waals surface area contributed by atoms with Crippen molar-refractivity contribution in [1.29, 1.82) is 0 Å². The van der Waals surface area contributed by atoms with E-state index in [4.69, 9.17) is 14.6 Å². The minimum absolute atomic E-state index is 0.204. The van der Waals surface area contributed by atoms with Crippen molar-refractivity contribution in [2.45, 2.75) is 96.9 Å². The van der Waals surface area contributed by atoms with Gasteiger partial charge in [0.15, 0.2) is 0 Å². The minimum atomic E-state index is -0.744. The fraction of sp³-hybridized carbons (Fsp3) is 0.690. The van der Waals surface area contributed by atoms with Crippen molar-refractivity contribution in [3.63, 3.8) is 0 Å². The number of carboxylic acid groups (broad SMARTS) is 1. The Hall–Kier alpha value is -2.41. The van der Waals surface area contributed by atoms with Crippen LogP contribution in [0.25, 0.3) is 0 Å². The summed E-state index contributed by atoms with van der Waals surface area (Å²) in [7, 11) is 0. The Balaban J connectivity index is 0.000000208. The van der Waals surface area contributed by atoms with Crippen molar-refractivity contribution in [3.8, 4) is 0 Å². The first-order chi connectivity index (χ1) is 17.3. The highest BCUT2D eigenvalue weighted by molar-refractivity contribution is 5.70. The van der Waals surface area contributed by atoms with E-state index >= 15 is 0 Å². The smallest absolute Gasteiger partial charge is 0.304 e. The van der Waals surface area contributed by atoms with Crippen molar-refractivity contribution < 1.29 is 14.4 Å². The molecular weight excluding hydrogens is 452 g/mol. The Kier molecular flexibility index (Phi) is 7.38. The summed E-state index contributed by atoms with van der Waals surface area (Å²) >= 11 is 0. The van der Waals surface area contributed by atoms with Crippen LogP contribution < -0.4 is 10.2 Å². The fourth-order valence-electron chi connectivity index (χ4n) is 6.65. The average Bonchev–Trinajstić information content (AvgIpc) is 3.36.